The Hall–Kier alpha value is -0.260. The minimum absolute atomic E-state index is 0. The largest absolute Gasteiger partial charge is 1.00 e. The third-order valence-corrected chi connectivity index (χ3v) is 1.36. The van der Waals surface area contributed by atoms with E-state index in [1.165, 1.54) is 5.01 Å². The summed E-state index contributed by atoms with van der Waals surface area (Å²) in [6.07, 6.45) is 1.57. The Bertz CT molecular complexity index is 194. The Morgan fingerprint density at radius 1 is 1.69 bits per heavy atom. The van der Waals surface area contributed by atoms with Gasteiger partial charge in [-0.1, -0.05) is 6.08 Å². The minimum Gasteiger partial charge on any atom is -1.00 e. The van der Waals surface area contributed by atoms with Crippen LogP contribution >= 0.6 is 0 Å². The molecule has 6 heteroatoms. The summed E-state index contributed by atoms with van der Waals surface area (Å²) in [4.78, 5) is 0.154. The van der Waals surface area contributed by atoms with Gasteiger partial charge in [-0.3, -0.25) is 0 Å². The summed E-state index contributed by atoms with van der Waals surface area (Å²) in [5.41, 5.74) is -0.387. The molecule has 0 fully saturated rings. The number of hydrazine groups is 1. The van der Waals surface area contributed by atoms with Crippen molar-refractivity contribution in [2.24, 2.45) is 5.28 Å². The quantitative estimate of drug-likeness (QED) is 0.200. The van der Waals surface area contributed by atoms with Gasteiger partial charge in [0.25, 0.3) is 0 Å². The summed E-state index contributed by atoms with van der Waals surface area (Å²) in [5.74, 6) is 0. The van der Waals surface area contributed by atoms with E-state index < -0.39 is 0 Å². The van der Waals surface area contributed by atoms with Crippen molar-refractivity contribution in [2.45, 2.75) is 26.3 Å². The van der Waals surface area contributed by atoms with Crippen molar-refractivity contribution >= 4 is 0 Å². The molecule has 0 aliphatic rings. The van der Waals surface area contributed by atoms with Gasteiger partial charge in [0.2, 0.25) is 5.28 Å². The Kier molecular flexibility index (Phi) is 7.30. The summed E-state index contributed by atoms with van der Waals surface area (Å²) in [6, 6.07) is 0. The van der Waals surface area contributed by atoms with Crippen LogP contribution in [0.4, 0.5) is 0 Å². The molecule has 0 saturated carbocycles. The van der Waals surface area contributed by atoms with E-state index in [0.717, 1.165) is 0 Å². The molecule has 0 heterocycles. The summed E-state index contributed by atoms with van der Waals surface area (Å²) in [6.45, 7) is 9.36. The van der Waals surface area contributed by atoms with E-state index in [1.54, 1.807) is 6.08 Å². The number of nitrogens with zero attached hydrogens (tertiary/aromatic N) is 3. The van der Waals surface area contributed by atoms with Crippen molar-refractivity contribution in [1.29, 1.82) is 0 Å². The maximum atomic E-state index is 10.9. The first-order valence-corrected chi connectivity index (χ1v) is 3.64. The van der Waals surface area contributed by atoms with Crippen LogP contribution in [-0.2, 0) is 0 Å². The van der Waals surface area contributed by atoms with Gasteiger partial charge in [-0.15, -0.1) is 11.6 Å². The molecular formula is C7H16N3NaO2. The molecule has 0 radical (unpaired) electrons. The molecule has 1 N–H and O–H groups in total. The molecular weight excluding hydrogens is 181 g/mol. The summed E-state index contributed by atoms with van der Waals surface area (Å²) in [7, 11) is 0. The van der Waals surface area contributed by atoms with Crippen molar-refractivity contribution < 1.29 is 41.2 Å². The van der Waals surface area contributed by atoms with Crippen molar-refractivity contribution in [1.82, 2.24) is 5.01 Å². The molecule has 0 spiro atoms. The third kappa shape index (κ3) is 5.13. The fraction of sp³-hybridized carbons (Fsp3) is 0.714. The molecule has 0 amide bonds. The zero-order valence-electron chi connectivity index (χ0n) is 9.69. The van der Waals surface area contributed by atoms with E-state index in [9.17, 15) is 5.21 Å². The molecule has 0 aromatic rings. The van der Waals surface area contributed by atoms with E-state index in [-0.39, 0.29) is 41.5 Å². The smallest absolute Gasteiger partial charge is 1.00 e. The first kappa shape index (κ1) is 15.2. The molecule has 0 aromatic heterocycles. The molecule has 0 aromatic carbocycles. The Morgan fingerprint density at radius 3 is 2.38 bits per heavy atom. The monoisotopic (exact) mass is 197 g/mol. The van der Waals surface area contributed by atoms with Crippen LogP contribution in [0.25, 0.3) is 0 Å². The number of rotatable bonds is 3. The number of hydrogen-bond acceptors (Lipinski definition) is 2. The standard InChI is InChI=1S/C7H15N3O2.Na.H/c1-5-6-9(7(2,3)4)10(12)8-11;;/h5,11H,1,6H2,2-4H3;;/q;+1;-1. The molecule has 0 aliphatic heterocycles. The second-order valence-corrected chi connectivity index (χ2v) is 3.38. The van der Waals surface area contributed by atoms with Gasteiger partial charge >= 0.3 is 29.6 Å². The van der Waals surface area contributed by atoms with Gasteiger partial charge in [0, 0.05) is 0 Å². The molecule has 0 rings (SSSR count). The molecule has 13 heavy (non-hydrogen) atoms. The first-order chi connectivity index (χ1) is 5.43. The zero-order chi connectivity index (χ0) is 9.78. The topological polar surface area (TPSA) is 61.9 Å². The fourth-order valence-corrected chi connectivity index (χ4v) is 0.771. The minimum atomic E-state index is -0.387. The predicted octanol–water partition coefficient (Wildman–Crippen LogP) is -1.34. The summed E-state index contributed by atoms with van der Waals surface area (Å²) < 4.78 is 0. The van der Waals surface area contributed by atoms with Crippen molar-refractivity contribution in [3.63, 3.8) is 0 Å². The van der Waals surface area contributed by atoms with Gasteiger partial charge in [0.15, 0.2) is 0 Å². The van der Waals surface area contributed by atoms with Crippen LogP contribution in [-0.4, -0.2) is 27.3 Å². The Morgan fingerprint density at radius 2 is 2.15 bits per heavy atom. The van der Waals surface area contributed by atoms with Gasteiger partial charge < -0.3 is 11.8 Å². The fourth-order valence-electron chi connectivity index (χ4n) is 0.771. The van der Waals surface area contributed by atoms with Crippen molar-refractivity contribution in [2.75, 3.05) is 6.54 Å². The van der Waals surface area contributed by atoms with E-state index in [4.69, 9.17) is 5.21 Å². The van der Waals surface area contributed by atoms with Crippen LogP contribution in [0.5, 0.6) is 0 Å². The van der Waals surface area contributed by atoms with Gasteiger partial charge in [0.05, 0.1) is 17.1 Å². The summed E-state index contributed by atoms with van der Waals surface area (Å²) in [5, 5.41) is 23.0. The molecule has 0 saturated heterocycles. The van der Waals surface area contributed by atoms with E-state index >= 15 is 0 Å². The van der Waals surface area contributed by atoms with E-state index in [2.05, 4.69) is 11.9 Å². The maximum absolute atomic E-state index is 10.9. The van der Waals surface area contributed by atoms with Crippen LogP contribution in [0, 0.1) is 5.21 Å². The zero-order valence-corrected chi connectivity index (χ0v) is 10.7. The molecule has 5 nitrogen and oxygen atoms in total. The maximum Gasteiger partial charge on any atom is 1.00 e. The van der Waals surface area contributed by atoms with Crippen LogP contribution < -0.4 is 29.6 Å². The van der Waals surface area contributed by atoms with Crippen molar-refractivity contribution in [3.05, 3.63) is 17.9 Å². The second-order valence-electron chi connectivity index (χ2n) is 3.38. The van der Waals surface area contributed by atoms with Crippen LogP contribution in [0.15, 0.2) is 17.9 Å². The molecule has 0 unspecified atom stereocenters. The third-order valence-electron chi connectivity index (χ3n) is 1.36. The molecule has 72 valence electrons. The Labute approximate surface area is 102 Å². The van der Waals surface area contributed by atoms with Gasteiger partial charge in [-0.25, -0.2) is 0 Å². The first-order valence-electron chi connectivity index (χ1n) is 3.64. The second kappa shape index (κ2) is 6.23. The van der Waals surface area contributed by atoms with Crippen LogP contribution in [0.3, 0.4) is 0 Å². The van der Waals surface area contributed by atoms with E-state index in [1.807, 2.05) is 20.8 Å². The van der Waals surface area contributed by atoms with E-state index in [0.29, 0.717) is 6.54 Å². The van der Waals surface area contributed by atoms with Crippen LogP contribution in [0.2, 0.25) is 0 Å². The normalized spacial score (nSPS) is 11.8. The molecule has 0 aliphatic carbocycles. The molecule has 0 bridgehead atoms. The predicted molar refractivity (Wildman–Crippen MR) is 45.6 cm³/mol. The van der Waals surface area contributed by atoms with Crippen molar-refractivity contribution in [3.8, 4) is 0 Å². The van der Waals surface area contributed by atoms with Gasteiger partial charge in [-0.05, 0) is 20.8 Å². The Balaban J connectivity index is -0.000000605. The van der Waals surface area contributed by atoms with Gasteiger partial charge in [0.1, 0.15) is 0 Å². The number of hydrogen-bond donors (Lipinski definition) is 1. The molecule has 0 atom stereocenters. The average Bonchev–Trinajstić information content (AvgIpc) is 1.96. The average molecular weight is 197 g/mol. The SMILES string of the molecule is C=CCN([N+]([O-])=NO)C(C)(C)C.[H-].[Na+]. The summed E-state index contributed by atoms with van der Waals surface area (Å²) >= 11 is 0. The van der Waals surface area contributed by atoms with Crippen LogP contribution in [0.1, 0.15) is 22.2 Å². The van der Waals surface area contributed by atoms with Gasteiger partial charge in [-0.2, -0.15) is 0 Å².